The third-order valence-corrected chi connectivity index (χ3v) is 4.12. The Morgan fingerprint density at radius 3 is 3.00 bits per heavy atom. The molecule has 2 nitrogen and oxygen atoms in total. The largest absolute Gasteiger partial charge is 0.303 e. The molecule has 1 fully saturated rings. The first kappa shape index (κ1) is 11.2. The van der Waals surface area contributed by atoms with E-state index >= 15 is 0 Å². The van der Waals surface area contributed by atoms with E-state index in [1.54, 1.807) is 6.20 Å². The summed E-state index contributed by atoms with van der Waals surface area (Å²) in [5.74, 6) is 0.384. The van der Waals surface area contributed by atoms with Crippen molar-refractivity contribution in [3.63, 3.8) is 0 Å². The van der Waals surface area contributed by atoms with E-state index in [-0.39, 0.29) is 11.8 Å². The summed E-state index contributed by atoms with van der Waals surface area (Å²) < 4.78 is 0.980. The molecule has 2 atom stereocenters. The zero-order valence-electron chi connectivity index (χ0n) is 8.86. The van der Waals surface area contributed by atoms with Crippen molar-refractivity contribution in [3.8, 4) is 0 Å². The molecule has 1 aliphatic rings. The number of carbonyl (C=O) groups is 1. The van der Waals surface area contributed by atoms with E-state index in [9.17, 15) is 4.79 Å². The molecule has 2 aromatic rings. The van der Waals surface area contributed by atoms with Crippen LogP contribution in [0.4, 0.5) is 0 Å². The second-order valence-corrected chi connectivity index (χ2v) is 5.62. The predicted octanol–water partition coefficient (Wildman–Crippen LogP) is 3.95. The Bertz CT molecular complexity index is 614. The fourth-order valence-electron chi connectivity index (χ4n) is 2.13. The zero-order chi connectivity index (χ0) is 12.0. The van der Waals surface area contributed by atoms with Crippen molar-refractivity contribution >= 4 is 44.7 Å². The summed E-state index contributed by atoms with van der Waals surface area (Å²) in [4.78, 5) is 15.1. The first-order valence-electron chi connectivity index (χ1n) is 5.39. The smallest absolute Gasteiger partial charge is 0.123 e. The summed E-state index contributed by atoms with van der Waals surface area (Å²) in [7, 11) is 0. The van der Waals surface area contributed by atoms with Crippen LogP contribution in [0.25, 0.3) is 10.9 Å². The van der Waals surface area contributed by atoms with E-state index in [0.717, 1.165) is 38.7 Å². The molecule has 17 heavy (non-hydrogen) atoms. The fraction of sp³-hybridized carbons (Fsp3) is 0.231. The number of hydrogen-bond donors (Lipinski definition) is 0. The Labute approximate surface area is 112 Å². The lowest BCUT2D eigenvalue weighted by atomic mass is 10.1. The molecular weight excluding hydrogens is 302 g/mol. The van der Waals surface area contributed by atoms with Gasteiger partial charge in [-0.25, -0.2) is 0 Å². The lowest BCUT2D eigenvalue weighted by Gasteiger charge is -2.06. The second kappa shape index (κ2) is 4.07. The first-order chi connectivity index (χ1) is 8.20. The minimum atomic E-state index is 0.124. The highest BCUT2D eigenvalue weighted by Crippen LogP contribution is 2.49. The highest BCUT2D eigenvalue weighted by molar-refractivity contribution is 9.10. The van der Waals surface area contributed by atoms with Gasteiger partial charge in [-0.05, 0) is 36.1 Å². The zero-order valence-corrected chi connectivity index (χ0v) is 11.2. The predicted molar refractivity (Wildman–Crippen MR) is 71.4 cm³/mol. The summed E-state index contributed by atoms with van der Waals surface area (Å²) >= 11 is 9.82. The molecule has 1 aliphatic carbocycles. The van der Waals surface area contributed by atoms with Crippen molar-refractivity contribution in [2.75, 3.05) is 0 Å². The van der Waals surface area contributed by atoms with Gasteiger partial charge in [0.2, 0.25) is 0 Å². The average Bonchev–Trinajstić information content (AvgIpc) is 3.10. The molecule has 0 aliphatic heterocycles. The van der Waals surface area contributed by atoms with Gasteiger partial charge < -0.3 is 4.79 Å². The molecule has 0 radical (unpaired) electrons. The van der Waals surface area contributed by atoms with Gasteiger partial charge in [0, 0.05) is 22.0 Å². The molecule has 1 aromatic heterocycles. The van der Waals surface area contributed by atoms with Crippen LogP contribution >= 0.6 is 27.5 Å². The fourth-order valence-corrected chi connectivity index (χ4v) is 2.83. The average molecular weight is 311 g/mol. The Kier molecular flexibility index (Phi) is 2.68. The maximum absolute atomic E-state index is 10.7. The molecule has 0 saturated heterocycles. The molecule has 3 rings (SSSR count). The molecular formula is C13H9BrClNO. The number of halogens is 2. The second-order valence-electron chi connectivity index (χ2n) is 4.33. The Balaban J connectivity index is 2.15. The number of carbonyl (C=O) groups excluding carboxylic acids is 1. The summed E-state index contributed by atoms with van der Waals surface area (Å²) in [5.41, 5.74) is 1.87. The number of aromatic nitrogens is 1. The molecule has 86 valence electrons. The van der Waals surface area contributed by atoms with Gasteiger partial charge in [0.15, 0.2) is 0 Å². The molecule has 0 amide bonds. The van der Waals surface area contributed by atoms with Gasteiger partial charge in [-0.1, -0.05) is 27.5 Å². The van der Waals surface area contributed by atoms with Gasteiger partial charge in [0.1, 0.15) is 6.29 Å². The van der Waals surface area contributed by atoms with Gasteiger partial charge in [0.25, 0.3) is 0 Å². The molecule has 1 aromatic carbocycles. The summed E-state index contributed by atoms with van der Waals surface area (Å²) in [6.45, 7) is 0. The molecule has 2 unspecified atom stereocenters. The molecule has 4 heteroatoms. The Morgan fingerprint density at radius 1 is 1.47 bits per heavy atom. The van der Waals surface area contributed by atoms with Crippen LogP contribution in [0.15, 0.2) is 28.9 Å². The maximum Gasteiger partial charge on any atom is 0.123 e. The molecule has 1 heterocycles. The van der Waals surface area contributed by atoms with Crippen LogP contribution in [0, 0.1) is 5.92 Å². The molecule has 0 bridgehead atoms. The van der Waals surface area contributed by atoms with Crippen LogP contribution < -0.4 is 0 Å². The van der Waals surface area contributed by atoms with Gasteiger partial charge in [-0.15, -0.1) is 0 Å². The van der Waals surface area contributed by atoms with Gasteiger partial charge in [-0.3, -0.25) is 4.98 Å². The van der Waals surface area contributed by atoms with E-state index in [4.69, 9.17) is 11.6 Å². The number of benzene rings is 1. The normalized spacial score (nSPS) is 22.7. The molecule has 1 saturated carbocycles. The first-order valence-corrected chi connectivity index (χ1v) is 6.56. The number of nitrogens with zero attached hydrogens (tertiary/aromatic N) is 1. The van der Waals surface area contributed by atoms with Crippen molar-refractivity contribution < 1.29 is 4.79 Å². The highest BCUT2D eigenvalue weighted by Gasteiger charge is 2.39. The van der Waals surface area contributed by atoms with Crippen molar-refractivity contribution in [2.24, 2.45) is 5.92 Å². The number of aldehydes is 1. The van der Waals surface area contributed by atoms with Crippen LogP contribution in [0.1, 0.15) is 17.9 Å². The van der Waals surface area contributed by atoms with Crippen LogP contribution in [-0.4, -0.2) is 11.3 Å². The summed E-state index contributed by atoms with van der Waals surface area (Å²) in [5, 5.41) is 1.67. The maximum atomic E-state index is 10.7. The minimum absolute atomic E-state index is 0.124. The van der Waals surface area contributed by atoms with Crippen molar-refractivity contribution in [2.45, 2.75) is 12.3 Å². The van der Waals surface area contributed by atoms with E-state index in [0.29, 0.717) is 0 Å². The number of pyridine rings is 1. The van der Waals surface area contributed by atoms with E-state index in [1.165, 1.54) is 0 Å². The van der Waals surface area contributed by atoms with Crippen LogP contribution in [0.5, 0.6) is 0 Å². The van der Waals surface area contributed by atoms with Crippen molar-refractivity contribution in [1.82, 2.24) is 4.98 Å². The highest BCUT2D eigenvalue weighted by atomic mass is 79.9. The van der Waals surface area contributed by atoms with E-state index in [2.05, 4.69) is 20.9 Å². The monoisotopic (exact) mass is 309 g/mol. The van der Waals surface area contributed by atoms with Crippen LogP contribution in [-0.2, 0) is 4.79 Å². The lowest BCUT2D eigenvalue weighted by Crippen LogP contribution is -1.90. The topological polar surface area (TPSA) is 30.0 Å². The summed E-state index contributed by atoms with van der Waals surface area (Å²) in [6.07, 6.45) is 3.70. The van der Waals surface area contributed by atoms with Crippen LogP contribution in [0.2, 0.25) is 5.02 Å². The number of fused-ring (bicyclic) bond motifs is 1. The van der Waals surface area contributed by atoms with Crippen LogP contribution in [0.3, 0.4) is 0 Å². The van der Waals surface area contributed by atoms with Crippen molar-refractivity contribution in [3.05, 3.63) is 39.5 Å². The minimum Gasteiger partial charge on any atom is -0.303 e. The lowest BCUT2D eigenvalue weighted by molar-refractivity contribution is -0.108. The van der Waals surface area contributed by atoms with Gasteiger partial charge >= 0.3 is 0 Å². The third-order valence-electron chi connectivity index (χ3n) is 3.21. The Morgan fingerprint density at radius 2 is 2.29 bits per heavy atom. The van der Waals surface area contributed by atoms with Gasteiger partial charge in [-0.2, -0.15) is 0 Å². The number of rotatable bonds is 2. The van der Waals surface area contributed by atoms with E-state index < -0.39 is 0 Å². The standard InChI is InChI=1S/C13H9BrClNO/c14-8-1-2-12-10(4-8)13(15)11(5-16-12)9-3-7(9)6-17/h1-2,4-7,9H,3H2. The SMILES string of the molecule is O=CC1CC1c1cnc2ccc(Br)cc2c1Cl. The van der Waals surface area contributed by atoms with E-state index in [1.807, 2.05) is 18.2 Å². The summed E-state index contributed by atoms with van der Waals surface area (Å²) in [6, 6.07) is 5.84. The molecule has 0 spiro atoms. The van der Waals surface area contributed by atoms with Crippen molar-refractivity contribution in [1.29, 1.82) is 0 Å². The third kappa shape index (κ3) is 1.87. The molecule has 0 N–H and O–H groups in total. The Hall–Kier alpha value is -0.930. The van der Waals surface area contributed by atoms with Gasteiger partial charge in [0.05, 0.1) is 10.5 Å². The quantitative estimate of drug-likeness (QED) is 0.786. The number of hydrogen-bond acceptors (Lipinski definition) is 2.